The third kappa shape index (κ3) is 3.96. The van der Waals surface area contributed by atoms with Crippen molar-refractivity contribution in [3.05, 3.63) is 0 Å². The van der Waals surface area contributed by atoms with Crippen LogP contribution in [0.25, 0.3) is 0 Å². The van der Waals surface area contributed by atoms with Crippen LogP contribution in [0.2, 0.25) is 0 Å². The molecule has 0 radical (unpaired) electrons. The van der Waals surface area contributed by atoms with Gasteiger partial charge in [-0.2, -0.15) is 0 Å². The van der Waals surface area contributed by atoms with Gasteiger partial charge < -0.3 is 10.2 Å². The van der Waals surface area contributed by atoms with Gasteiger partial charge in [-0.15, -0.1) is 0 Å². The number of hydrogen-bond donors (Lipinski definition) is 1. The number of nitrogens with one attached hydrogen (secondary N) is 1. The van der Waals surface area contributed by atoms with Crippen LogP contribution < -0.4 is 5.32 Å². The molecule has 0 saturated carbocycles. The molecule has 0 aliphatic carbocycles. The Morgan fingerprint density at radius 1 is 1.41 bits per heavy atom. The Balaban J connectivity index is 2.38. The first-order valence-electron chi connectivity index (χ1n) is 6.55. The smallest absolute Gasteiger partial charge is 0.236 e. The zero-order valence-corrected chi connectivity index (χ0v) is 11.9. The molecule has 0 unspecified atom stereocenters. The Morgan fingerprint density at radius 2 is 1.94 bits per heavy atom. The molecule has 1 amide bonds. The highest BCUT2D eigenvalue weighted by atomic mass is 16.2. The Bertz CT molecular complexity index is 257. The van der Waals surface area contributed by atoms with Gasteiger partial charge in [0.25, 0.3) is 0 Å². The van der Waals surface area contributed by atoms with Crippen molar-refractivity contribution in [2.24, 2.45) is 0 Å². The van der Waals surface area contributed by atoms with Crippen LogP contribution >= 0.6 is 0 Å². The van der Waals surface area contributed by atoms with Gasteiger partial charge in [-0.3, -0.25) is 9.69 Å². The van der Waals surface area contributed by atoms with Gasteiger partial charge in [0.05, 0.1) is 6.54 Å². The van der Waals surface area contributed by atoms with Gasteiger partial charge >= 0.3 is 0 Å². The molecule has 1 saturated heterocycles. The fourth-order valence-corrected chi connectivity index (χ4v) is 2.05. The van der Waals surface area contributed by atoms with E-state index in [-0.39, 0.29) is 17.5 Å². The van der Waals surface area contributed by atoms with Crippen molar-refractivity contribution in [2.45, 2.75) is 45.2 Å². The van der Waals surface area contributed by atoms with E-state index < -0.39 is 0 Å². The second kappa shape index (κ2) is 5.83. The summed E-state index contributed by atoms with van der Waals surface area (Å²) in [7, 11) is 3.90. The molecule has 0 aromatic rings. The van der Waals surface area contributed by atoms with Crippen LogP contribution in [0.4, 0.5) is 0 Å². The molecule has 0 bridgehead atoms. The maximum atomic E-state index is 12.0. The topological polar surface area (TPSA) is 35.6 Å². The van der Waals surface area contributed by atoms with E-state index in [0.717, 1.165) is 25.9 Å². The number of hydrogen-bond acceptors (Lipinski definition) is 3. The van der Waals surface area contributed by atoms with Crippen LogP contribution in [0.15, 0.2) is 0 Å². The van der Waals surface area contributed by atoms with Crippen LogP contribution in [0.1, 0.15) is 33.6 Å². The minimum atomic E-state index is 0.230. The van der Waals surface area contributed by atoms with E-state index in [1.165, 1.54) is 0 Å². The summed E-state index contributed by atoms with van der Waals surface area (Å²) < 4.78 is 0. The molecule has 100 valence electrons. The summed E-state index contributed by atoms with van der Waals surface area (Å²) in [6.45, 7) is 8.93. The van der Waals surface area contributed by atoms with E-state index >= 15 is 0 Å². The summed E-state index contributed by atoms with van der Waals surface area (Å²) in [6, 6.07) is 0.287. The van der Waals surface area contributed by atoms with Crippen molar-refractivity contribution in [1.29, 1.82) is 0 Å². The average Bonchev–Trinajstić information content (AvgIpc) is 2.31. The SMILES string of the molecule is CNC1(C)CCN(CC(=O)N(C)C(C)C)CC1. The Hall–Kier alpha value is -0.610. The van der Waals surface area contributed by atoms with Crippen molar-refractivity contribution in [3.63, 3.8) is 0 Å². The Labute approximate surface area is 105 Å². The standard InChI is InChI=1S/C13H27N3O/c1-11(2)15(5)12(17)10-16-8-6-13(3,14-4)7-9-16/h11,14H,6-10H2,1-5H3. The first kappa shape index (κ1) is 14.5. The van der Waals surface area contributed by atoms with E-state index in [1.54, 1.807) is 0 Å². The van der Waals surface area contributed by atoms with Crippen LogP contribution in [-0.4, -0.2) is 61.0 Å². The van der Waals surface area contributed by atoms with Crippen molar-refractivity contribution in [2.75, 3.05) is 33.7 Å². The van der Waals surface area contributed by atoms with E-state index in [9.17, 15) is 4.79 Å². The van der Waals surface area contributed by atoms with Crippen LogP contribution in [-0.2, 0) is 4.79 Å². The fourth-order valence-electron chi connectivity index (χ4n) is 2.05. The molecule has 0 aromatic carbocycles. The van der Waals surface area contributed by atoms with Crippen molar-refractivity contribution >= 4 is 5.91 Å². The molecule has 4 nitrogen and oxygen atoms in total. The number of nitrogens with zero attached hydrogens (tertiary/aromatic N) is 2. The molecule has 0 spiro atoms. The van der Waals surface area contributed by atoms with Crippen molar-refractivity contribution in [3.8, 4) is 0 Å². The molecule has 0 atom stereocenters. The van der Waals surface area contributed by atoms with Gasteiger partial charge in [0.2, 0.25) is 5.91 Å². The third-order valence-electron chi connectivity index (χ3n) is 4.09. The summed E-state index contributed by atoms with van der Waals surface area (Å²) in [5.74, 6) is 0.230. The normalized spacial score (nSPS) is 20.6. The summed E-state index contributed by atoms with van der Waals surface area (Å²) >= 11 is 0. The number of amides is 1. The van der Waals surface area contributed by atoms with E-state index in [1.807, 2.05) is 32.8 Å². The highest BCUT2D eigenvalue weighted by Crippen LogP contribution is 2.20. The van der Waals surface area contributed by atoms with Gasteiger partial charge in [0.15, 0.2) is 0 Å². The number of piperidine rings is 1. The fraction of sp³-hybridized carbons (Fsp3) is 0.923. The molecule has 1 heterocycles. The monoisotopic (exact) mass is 241 g/mol. The van der Waals surface area contributed by atoms with Crippen molar-refractivity contribution in [1.82, 2.24) is 15.1 Å². The highest BCUT2D eigenvalue weighted by molar-refractivity contribution is 5.78. The predicted molar refractivity (Wildman–Crippen MR) is 71.0 cm³/mol. The quantitative estimate of drug-likeness (QED) is 0.795. The number of likely N-dealkylation sites (N-methyl/N-ethyl adjacent to an activating group) is 1. The molecule has 0 aromatic heterocycles. The number of rotatable bonds is 4. The Morgan fingerprint density at radius 3 is 2.35 bits per heavy atom. The van der Waals surface area contributed by atoms with Crippen LogP contribution in [0.5, 0.6) is 0 Å². The van der Waals surface area contributed by atoms with Crippen molar-refractivity contribution < 1.29 is 4.79 Å². The highest BCUT2D eigenvalue weighted by Gasteiger charge is 2.29. The summed E-state index contributed by atoms with van der Waals surface area (Å²) in [5.41, 5.74) is 0.253. The first-order valence-corrected chi connectivity index (χ1v) is 6.55. The largest absolute Gasteiger partial charge is 0.342 e. The molecule has 1 N–H and O–H groups in total. The van der Waals surface area contributed by atoms with E-state index in [4.69, 9.17) is 0 Å². The molecule has 1 rings (SSSR count). The zero-order chi connectivity index (χ0) is 13.1. The maximum Gasteiger partial charge on any atom is 0.236 e. The molecule has 17 heavy (non-hydrogen) atoms. The lowest BCUT2D eigenvalue weighted by molar-refractivity contribution is -0.133. The molecular weight excluding hydrogens is 214 g/mol. The second-order valence-corrected chi connectivity index (χ2v) is 5.69. The molecule has 1 aliphatic heterocycles. The lowest BCUT2D eigenvalue weighted by Gasteiger charge is -2.39. The molecule has 1 fully saturated rings. The molecular formula is C13H27N3O. The number of carbonyl (C=O) groups excluding carboxylic acids is 1. The second-order valence-electron chi connectivity index (χ2n) is 5.69. The van der Waals surface area contributed by atoms with E-state index in [0.29, 0.717) is 6.54 Å². The third-order valence-corrected chi connectivity index (χ3v) is 4.09. The average molecular weight is 241 g/mol. The Kier molecular flexibility index (Phi) is 4.95. The predicted octanol–water partition coefficient (Wildman–Crippen LogP) is 0.927. The summed E-state index contributed by atoms with van der Waals surface area (Å²) in [6.07, 6.45) is 2.23. The lowest BCUT2D eigenvalue weighted by atomic mass is 9.90. The van der Waals surface area contributed by atoms with E-state index in [2.05, 4.69) is 17.1 Å². The minimum absolute atomic E-state index is 0.230. The molecule has 1 aliphatic rings. The number of carbonyl (C=O) groups is 1. The number of likely N-dealkylation sites (tertiary alicyclic amines) is 1. The van der Waals surface area contributed by atoms with Gasteiger partial charge in [-0.25, -0.2) is 0 Å². The van der Waals surface area contributed by atoms with Crippen LogP contribution in [0.3, 0.4) is 0 Å². The lowest BCUT2D eigenvalue weighted by Crippen LogP contribution is -2.52. The minimum Gasteiger partial charge on any atom is -0.342 e. The molecule has 4 heteroatoms. The van der Waals surface area contributed by atoms with Crippen LogP contribution in [0, 0.1) is 0 Å². The summed E-state index contributed by atoms with van der Waals surface area (Å²) in [4.78, 5) is 16.0. The van der Waals surface area contributed by atoms with Gasteiger partial charge in [0.1, 0.15) is 0 Å². The zero-order valence-electron chi connectivity index (χ0n) is 11.9. The maximum absolute atomic E-state index is 12.0. The summed E-state index contributed by atoms with van der Waals surface area (Å²) in [5, 5.41) is 3.37. The van der Waals surface area contributed by atoms with Gasteiger partial charge in [-0.1, -0.05) is 0 Å². The van der Waals surface area contributed by atoms with Gasteiger partial charge in [-0.05, 0) is 40.7 Å². The first-order chi connectivity index (χ1) is 7.88. The van der Waals surface area contributed by atoms with Gasteiger partial charge in [0, 0.05) is 31.7 Å².